The van der Waals surface area contributed by atoms with Gasteiger partial charge in [-0.15, -0.1) is 0 Å². The zero-order valence-electron chi connectivity index (χ0n) is 19.1. The van der Waals surface area contributed by atoms with Gasteiger partial charge in [-0.25, -0.2) is 9.37 Å². The summed E-state index contributed by atoms with van der Waals surface area (Å²) in [6.07, 6.45) is 6.52. The van der Waals surface area contributed by atoms with Crippen molar-refractivity contribution in [2.45, 2.75) is 6.92 Å². The van der Waals surface area contributed by atoms with Crippen LogP contribution < -0.4 is 4.74 Å². The molecule has 0 bridgehead atoms. The minimum absolute atomic E-state index is 0.0666. The zero-order valence-corrected chi connectivity index (χ0v) is 19.1. The van der Waals surface area contributed by atoms with E-state index in [1.807, 2.05) is 31.2 Å². The molecule has 0 aliphatic rings. The first-order chi connectivity index (χ1) is 17.0. The lowest BCUT2D eigenvalue weighted by atomic mass is 9.97. The molecular formula is C27H22FN5O2. The molecule has 0 spiro atoms. The maximum absolute atomic E-state index is 14.3. The van der Waals surface area contributed by atoms with Crippen molar-refractivity contribution in [2.75, 3.05) is 7.11 Å². The largest absolute Gasteiger partial charge is 0.506 e. The highest BCUT2D eigenvalue weighted by atomic mass is 19.1. The molecule has 4 heterocycles. The van der Waals surface area contributed by atoms with Gasteiger partial charge in [0.1, 0.15) is 28.5 Å². The maximum Gasteiger partial charge on any atom is 0.135 e. The van der Waals surface area contributed by atoms with Gasteiger partial charge in [0.15, 0.2) is 0 Å². The molecule has 0 aliphatic heterocycles. The van der Waals surface area contributed by atoms with E-state index in [1.54, 1.807) is 24.4 Å². The van der Waals surface area contributed by atoms with Gasteiger partial charge < -0.3 is 14.8 Å². The third-order valence-electron chi connectivity index (χ3n) is 5.69. The number of aromatic hydroxyl groups is 1. The van der Waals surface area contributed by atoms with Gasteiger partial charge in [-0.1, -0.05) is 18.7 Å². The number of hydrogen-bond donors (Lipinski definition) is 3. The molecule has 0 radical (unpaired) electrons. The summed E-state index contributed by atoms with van der Waals surface area (Å²) >= 11 is 0. The molecule has 0 amide bonds. The Bertz CT molecular complexity index is 1600. The number of pyridine rings is 2. The summed E-state index contributed by atoms with van der Waals surface area (Å²) in [6, 6.07) is 11.9. The topological polar surface area (TPSA) is 99.7 Å². The van der Waals surface area contributed by atoms with Gasteiger partial charge in [0, 0.05) is 29.1 Å². The quantitative estimate of drug-likeness (QED) is 0.274. The van der Waals surface area contributed by atoms with Crippen LogP contribution in [0.15, 0.2) is 73.6 Å². The van der Waals surface area contributed by atoms with Crippen LogP contribution in [0.5, 0.6) is 11.5 Å². The number of H-pyrrole nitrogens is 2. The highest BCUT2D eigenvalue weighted by Gasteiger charge is 2.18. The van der Waals surface area contributed by atoms with Crippen molar-refractivity contribution in [1.29, 1.82) is 0 Å². The molecule has 0 fully saturated rings. The first-order valence-corrected chi connectivity index (χ1v) is 10.8. The van der Waals surface area contributed by atoms with Crippen LogP contribution in [0.1, 0.15) is 16.8 Å². The van der Waals surface area contributed by atoms with Crippen LogP contribution in [0.3, 0.4) is 0 Å². The van der Waals surface area contributed by atoms with E-state index >= 15 is 0 Å². The molecule has 7 nitrogen and oxygen atoms in total. The van der Waals surface area contributed by atoms with Crippen LogP contribution in [-0.4, -0.2) is 37.4 Å². The first kappa shape index (κ1) is 22.1. The van der Waals surface area contributed by atoms with Gasteiger partial charge in [0.2, 0.25) is 0 Å². The highest BCUT2D eigenvalue weighted by molar-refractivity contribution is 5.92. The molecule has 35 heavy (non-hydrogen) atoms. The van der Waals surface area contributed by atoms with Crippen molar-refractivity contribution in [3.05, 3.63) is 96.2 Å². The van der Waals surface area contributed by atoms with Crippen molar-refractivity contribution in [2.24, 2.45) is 0 Å². The van der Waals surface area contributed by atoms with E-state index in [0.717, 1.165) is 28.0 Å². The Morgan fingerprint density at radius 1 is 1.14 bits per heavy atom. The number of aromatic nitrogens is 5. The minimum Gasteiger partial charge on any atom is -0.506 e. The number of aryl methyl sites for hydroxylation is 1. The number of ether oxygens (including phenoxy) is 1. The number of nitrogens with one attached hydrogen (secondary N) is 2. The SMILES string of the molecule is C=C/C=C(/c1cc(F)cc(OC)c1)c1cc(-c2n[nH]c3ccc(-c4cncc(O)c4)nc23)[nH]c1C. The standard InChI is InChI=1S/C27H22FN5O2/c1-4-5-21(16-8-18(28)11-20(10-16)35-3)22-12-25(30-15(22)2)27-26-24(32-33-27)7-6-23(31-26)17-9-19(34)14-29-13-17/h4-14,30,34H,1H2,2-3H3,(H,32,33)/b21-5-. The fourth-order valence-corrected chi connectivity index (χ4v) is 4.08. The molecule has 174 valence electrons. The second-order valence-corrected chi connectivity index (χ2v) is 8.01. The number of hydrogen-bond acceptors (Lipinski definition) is 5. The van der Waals surface area contributed by atoms with Crippen LogP contribution in [-0.2, 0) is 0 Å². The van der Waals surface area contributed by atoms with Crippen LogP contribution >= 0.6 is 0 Å². The Kier molecular flexibility index (Phi) is 5.62. The summed E-state index contributed by atoms with van der Waals surface area (Å²) < 4.78 is 19.5. The van der Waals surface area contributed by atoms with E-state index in [4.69, 9.17) is 9.72 Å². The average Bonchev–Trinajstić information content (AvgIpc) is 3.44. The maximum atomic E-state index is 14.3. The number of aromatic amines is 2. The Morgan fingerprint density at radius 2 is 2.00 bits per heavy atom. The molecule has 8 heteroatoms. The average molecular weight is 468 g/mol. The minimum atomic E-state index is -0.390. The third kappa shape index (κ3) is 4.17. The van der Waals surface area contributed by atoms with E-state index < -0.39 is 0 Å². The predicted octanol–water partition coefficient (Wildman–Crippen LogP) is 5.79. The number of methoxy groups -OCH3 is 1. The molecule has 0 aliphatic carbocycles. The molecule has 0 saturated carbocycles. The van der Waals surface area contributed by atoms with E-state index in [2.05, 4.69) is 26.7 Å². The number of halogens is 1. The van der Waals surface area contributed by atoms with E-state index in [-0.39, 0.29) is 11.6 Å². The molecule has 5 aromatic rings. The lowest BCUT2D eigenvalue weighted by molar-refractivity contribution is 0.411. The number of nitrogens with zero attached hydrogens (tertiary/aromatic N) is 3. The monoisotopic (exact) mass is 467 g/mol. The molecule has 0 unspecified atom stereocenters. The van der Waals surface area contributed by atoms with Crippen molar-refractivity contribution in [1.82, 2.24) is 25.1 Å². The molecular weight excluding hydrogens is 445 g/mol. The molecule has 3 N–H and O–H groups in total. The number of benzene rings is 1. The Morgan fingerprint density at radius 3 is 2.77 bits per heavy atom. The van der Waals surface area contributed by atoms with Gasteiger partial charge in [0.25, 0.3) is 0 Å². The summed E-state index contributed by atoms with van der Waals surface area (Å²) in [5, 5.41) is 17.3. The lowest BCUT2D eigenvalue weighted by Crippen LogP contribution is -1.92. The number of rotatable bonds is 6. The number of allylic oxidation sites excluding steroid dienone is 2. The molecule has 0 atom stereocenters. The lowest BCUT2D eigenvalue weighted by Gasteiger charge is -2.09. The van der Waals surface area contributed by atoms with Crippen molar-refractivity contribution in [3.8, 4) is 34.1 Å². The second kappa shape index (κ2) is 8.90. The summed E-state index contributed by atoms with van der Waals surface area (Å²) in [5.41, 5.74) is 7.38. The summed E-state index contributed by atoms with van der Waals surface area (Å²) in [7, 11) is 1.51. The molecule has 5 rings (SSSR count). The van der Waals surface area contributed by atoms with Gasteiger partial charge in [-0.3, -0.25) is 10.1 Å². The van der Waals surface area contributed by atoms with E-state index in [0.29, 0.717) is 33.8 Å². The summed E-state index contributed by atoms with van der Waals surface area (Å²) in [5.74, 6) is 0.107. The Hall–Kier alpha value is -4.72. The third-order valence-corrected chi connectivity index (χ3v) is 5.69. The highest BCUT2D eigenvalue weighted by Crippen LogP contribution is 2.34. The first-order valence-electron chi connectivity index (χ1n) is 10.8. The van der Waals surface area contributed by atoms with Crippen molar-refractivity contribution in [3.63, 3.8) is 0 Å². The van der Waals surface area contributed by atoms with Gasteiger partial charge >= 0.3 is 0 Å². The summed E-state index contributed by atoms with van der Waals surface area (Å²) in [4.78, 5) is 12.2. The molecule has 0 saturated heterocycles. The molecule has 4 aromatic heterocycles. The fourth-order valence-electron chi connectivity index (χ4n) is 4.08. The van der Waals surface area contributed by atoms with Crippen LogP contribution in [0.2, 0.25) is 0 Å². The summed E-state index contributed by atoms with van der Waals surface area (Å²) in [6.45, 7) is 5.77. The normalized spacial score (nSPS) is 11.7. The van der Waals surface area contributed by atoms with Crippen LogP contribution in [0, 0.1) is 12.7 Å². The van der Waals surface area contributed by atoms with Crippen molar-refractivity contribution < 1.29 is 14.2 Å². The van der Waals surface area contributed by atoms with Crippen molar-refractivity contribution >= 4 is 16.6 Å². The van der Waals surface area contributed by atoms with Gasteiger partial charge in [-0.05, 0) is 54.5 Å². The van der Waals surface area contributed by atoms with E-state index in [1.165, 1.54) is 25.4 Å². The second-order valence-electron chi connectivity index (χ2n) is 8.01. The predicted molar refractivity (Wildman–Crippen MR) is 134 cm³/mol. The molecule has 1 aromatic carbocycles. The fraction of sp³-hybridized carbons (Fsp3) is 0.0741. The van der Waals surface area contributed by atoms with Crippen LogP contribution in [0.25, 0.3) is 39.3 Å². The smallest absolute Gasteiger partial charge is 0.135 e. The van der Waals surface area contributed by atoms with Crippen LogP contribution in [0.4, 0.5) is 4.39 Å². The van der Waals surface area contributed by atoms with E-state index in [9.17, 15) is 9.50 Å². The Labute approximate surface area is 200 Å². The zero-order chi connectivity index (χ0) is 24.5. The van der Waals surface area contributed by atoms with Gasteiger partial charge in [0.05, 0.1) is 30.2 Å². The number of fused-ring (bicyclic) bond motifs is 1. The van der Waals surface area contributed by atoms with Gasteiger partial charge in [-0.2, -0.15) is 5.10 Å². The Balaban J connectivity index is 1.61.